The molecule has 32 heavy (non-hydrogen) atoms. The Labute approximate surface area is 190 Å². The summed E-state index contributed by atoms with van der Waals surface area (Å²) >= 11 is 0. The molecule has 1 fully saturated rings. The van der Waals surface area contributed by atoms with E-state index in [2.05, 4.69) is 9.62 Å². The van der Waals surface area contributed by atoms with Crippen LogP contribution < -0.4 is 14.4 Å². The van der Waals surface area contributed by atoms with Crippen molar-refractivity contribution in [2.75, 3.05) is 44.7 Å². The second-order valence-electron chi connectivity index (χ2n) is 8.33. The van der Waals surface area contributed by atoms with Crippen molar-refractivity contribution in [2.24, 2.45) is 0 Å². The number of hydrogen-bond acceptors (Lipinski definition) is 5. The van der Waals surface area contributed by atoms with Gasteiger partial charge in [0, 0.05) is 39.1 Å². The van der Waals surface area contributed by atoms with E-state index in [0.29, 0.717) is 26.2 Å². The number of amides is 1. The van der Waals surface area contributed by atoms with E-state index in [1.807, 2.05) is 30.3 Å². The van der Waals surface area contributed by atoms with Crippen molar-refractivity contribution in [3.63, 3.8) is 0 Å². The fourth-order valence-corrected chi connectivity index (χ4v) is 5.58. The van der Waals surface area contributed by atoms with Gasteiger partial charge in [-0.1, -0.05) is 18.2 Å². The lowest BCUT2D eigenvalue weighted by Gasteiger charge is -2.36. The van der Waals surface area contributed by atoms with Gasteiger partial charge in [-0.05, 0) is 61.1 Å². The molecule has 0 unspecified atom stereocenters. The lowest BCUT2D eigenvalue weighted by molar-refractivity contribution is -0.131. The molecule has 1 heterocycles. The number of benzene rings is 2. The molecule has 8 heteroatoms. The summed E-state index contributed by atoms with van der Waals surface area (Å²) in [7, 11) is -1.96. The van der Waals surface area contributed by atoms with Gasteiger partial charge in [0.1, 0.15) is 5.75 Å². The lowest BCUT2D eigenvalue weighted by atomic mass is 9.92. The Bertz CT molecular complexity index is 1060. The van der Waals surface area contributed by atoms with Gasteiger partial charge < -0.3 is 14.5 Å². The molecule has 7 nitrogen and oxygen atoms in total. The molecular weight excluding hydrogens is 426 g/mol. The van der Waals surface area contributed by atoms with E-state index in [1.165, 1.54) is 5.56 Å². The van der Waals surface area contributed by atoms with Crippen LogP contribution >= 0.6 is 0 Å². The number of carbonyl (C=O) groups is 1. The van der Waals surface area contributed by atoms with Crippen LogP contribution in [0.1, 0.15) is 30.4 Å². The number of nitrogens with zero attached hydrogens (tertiary/aromatic N) is 2. The van der Waals surface area contributed by atoms with E-state index in [9.17, 15) is 13.2 Å². The maximum Gasteiger partial charge on any atom is 0.240 e. The Balaban J connectivity index is 1.27. The van der Waals surface area contributed by atoms with Gasteiger partial charge in [-0.2, -0.15) is 0 Å². The number of rotatable bonds is 7. The van der Waals surface area contributed by atoms with Gasteiger partial charge in [0.25, 0.3) is 0 Å². The normalized spacial score (nSPS) is 16.5. The van der Waals surface area contributed by atoms with E-state index in [4.69, 9.17) is 4.74 Å². The van der Waals surface area contributed by atoms with E-state index in [1.54, 1.807) is 24.1 Å². The SMILES string of the molecule is COc1ccccc1N1CCN(C(=O)CCNS(=O)(=O)c2ccc3c(c2)CCCC3)CC1. The fourth-order valence-electron chi connectivity index (χ4n) is 4.50. The highest BCUT2D eigenvalue weighted by atomic mass is 32.2. The van der Waals surface area contributed by atoms with E-state index >= 15 is 0 Å². The molecule has 2 aliphatic rings. The van der Waals surface area contributed by atoms with Crippen LogP contribution in [0.25, 0.3) is 0 Å². The van der Waals surface area contributed by atoms with E-state index < -0.39 is 10.0 Å². The maximum absolute atomic E-state index is 12.7. The van der Waals surface area contributed by atoms with Gasteiger partial charge in [-0.15, -0.1) is 0 Å². The summed E-state index contributed by atoms with van der Waals surface area (Å²) in [5, 5.41) is 0. The Morgan fingerprint density at radius 1 is 1.00 bits per heavy atom. The zero-order chi connectivity index (χ0) is 22.6. The van der Waals surface area contributed by atoms with Gasteiger partial charge in [0.05, 0.1) is 17.7 Å². The number of carbonyl (C=O) groups excluding carboxylic acids is 1. The first-order valence-electron chi connectivity index (χ1n) is 11.2. The summed E-state index contributed by atoms with van der Waals surface area (Å²) in [6, 6.07) is 13.3. The van der Waals surface area contributed by atoms with Crippen LogP contribution in [0.4, 0.5) is 5.69 Å². The zero-order valence-corrected chi connectivity index (χ0v) is 19.4. The Morgan fingerprint density at radius 3 is 2.47 bits per heavy atom. The summed E-state index contributed by atoms with van der Waals surface area (Å²) in [6.45, 7) is 2.74. The Morgan fingerprint density at radius 2 is 1.72 bits per heavy atom. The molecule has 1 saturated heterocycles. The highest BCUT2D eigenvalue weighted by Crippen LogP contribution is 2.28. The van der Waals surface area contributed by atoms with Crippen LogP contribution in [0, 0.1) is 0 Å². The Kier molecular flexibility index (Phi) is 7.01. The molecule has 1 aliphatic heterocycles. The summed E-state index contributed by atoms with van der Waals surface area (Å²) in [4.78, 5) is 16.9. The van der Waals surface area contributed by atoms with Gasteiger partial charge >= 0.3 is 0 Å². The highest BCUT2D eigenvalue weighted by Gasteiger charge is 2.23. The number of fused-ring (bicyclic) bond motifs is 1. The minimum atomic E-state index is -3.62. The molecule has 0 bridgehead atoms. The van der Waals surface area contributed by atoms with Gasteiger partial charge in [-0.25, -0.2) is 13.1 Å². The molecule has 0 spiro atoms. The third-order valence-electron chi connectivity index (χ3n) is 6.32. The zero-order valence-electron chi connectivity index (χ0n) is 18.5. The first-order chi connectivity index (χ1) is 15.5. The Hall–Kier alpha value is -2.58. The minimum Gasteiger partial charge on any atom is -0.495 e. The lowest BCUT2D eigenvalue weighted by Crippen LogP contribution is -2.49. The topological polar surface area (TPSA) is 79.0 Å². The predicted molar refractivity (Wildman–Crippen MR) is 125 cm³/mol. The largest absolute Gasteiger partial charge is 0.495 e. The average molecular weight is 458 g/mol. The number of anilines is 1. The summed E-state index contributed by atoms with van der Waals surface area (Å²) in [5.41, 5.74) is 3.40. The predicted octanol–water partition coefficient (Wildman–Crippen LogP) is 2.59. The van der Waals surface area contributed by atoms with Crippen molar-refractivity contribution in [3.05, 3.63) is 53.6 Å². The van der Waals surface area contributed by atoms with Gasteiger partial charge in [-0.3, -0.25) is 4.79 Å². The second kappa shape index (κ2) is 9.92. The number of methoxy groups -OCH3 is 1. The first-order valence-corrected chi connectivity index (χ1v) is 12.7. The van der Waals surface area contributed by atoms with Crippen LogP contribution in [0.2, 0.25) is 0 Å². The molecule has 0 atom stereocenters. The van der Waals surface area contributed by atoms with Crippen LogP contribution in [-0.4, -0.2) is 59.1 Å². The number of aryl methyl sites for hydroxylation is 2. The van der Waals surface area contributed by atoms with Crippen molar-refractivity contribution in [3.8, 4) is 5.75 Å². The number of para-hydroxylation sites is 2. The van der Waals surface area contributed by atoms with E-state index in [0.717, 1.165) is 42.7 Å². The first kappa shape index (κ1) is 22.6. The fraction of sp³-hybridized carbons (Fsp3) is 0.458. The third kappa shape index (κ3) is 5.07. The molecule has 2 aromatic rings. The van der Waals surface area contributed by atoms with Crippen molar-refractivity contribution in [1.29, 1.82) is 0 Å². The van der Waals surface area contributed by atoms with Crippen LogP contribution in [-0.2, 0) is 27.7 Å². The minimum absolute atomic E-state index is 0.0298. The number of sulfonamides is 1. The van der Waals surface area contributed by atoms with Crippen LogP contribution in [0.5, 0.6) is 5.75 Å². The standard InChI is InChI=1S/C24H31N3O4S/c1-31-23-9-5-4-8-22(23)26-14-16-27(17-15-26)24(28)12-13-25-32(29,30)21-11-10-19-6-2-3-7-20(19)18-21/h4-5,8-11,18,25H,2-3,6-7,12-17H2,1H3. The molecule has 1 amide bonds. The molecule has 1 N–H and O–H groups in total. The van der Waals surface area contributed by atoms with E-state index in [-0.39, 0.29) is 23.8 Å². The number of hydrogen-bond donors (Lipinski definition) is 1. The molecule has 0 aromatic heterocycles. The molecule has 1 aliphatic carbocycles. The van der Waals surface area contributed by atoms with Gasteiger partial charge in [0.2, 0.25) is 15.9 Å². The third-order valence-corrected chi connectivity index (χ3v) is 7.78. The maximum atomic E-state index is 12.7. The molecule has 4 rings (SSSR count). The van der Waals surface area contributed by atoms with Crippen molar-refractivity contribution in [2.45, 2.75) is 37.0 Å². The second-order valence-corrected chi connectivity index (χ2v) is 10.1. The van der Waals surface area contributed by atoms with Crippen LogP contribution in [0.15, 0.2) is 47.4 Å². The molecular formula is C24H31N3O4S. The monoisotopic (exact) mass is 457 g/mol. The van der Waals surface area contributed by atoms with Crippen LogP contribution in [0.3, 0.4) is 0 Å². The smallest absolute Gasteiger partial charge is 0.240 e. The number of ether oxygens (including phenoxy) is 1. The average Bonchev–Trinajstić information content (AvgIpc) is 2.83. The number of nitrogens with one attached hydrogen (secondary N) is 1. The quantitative estimate of drug-likeness (QED) is 0.692. The molecule has 172 valence electrons. The highest BCUT2D eigenvalue weighted by molar-refractivity contribution is 7.89. The summed E-state index contributed by atoms with van der Waals surface area (Å²) in [5.74, 6) is 0.793. The number of piperazine rings is 1. The van der Waals surface area contributed by atoms with Crippen molar-refractivity contribution < 1.29 is 17.9 Å². The van der Waals surface area contributed by atoms with Crippen molar-refractivity contribution in [1.82, 2.24) is 9.62 Å². The molecule has 0 radical (unpaired) electrons. The molecule has 2 aromatic carbocycles. The summed E-state index contributed by atoms with van der Waals surface area (Å²) < 4.78 is 33.4. The molecule has 0 saturated carbocycles. The summed E-state index contributed by atoms with van der Waals surface area (Å²) in [6.07, 6.45) is 4.36. The van der Waals surface area contributed by atoms with Gasteiger partial charge in [0.15, 0.2) is 0 Å². The van der Waals surface area contributed by atoms with Crippen molar-refractivity contribution >= 4 is 21.6 Å².